The molecule has 0 aliphatic carbocycles. The minimum Gasteiger partial charge on any atom is -0.449 e. The Morgan fingerprint density at radius 1 is 1.50 bits per heavy atom. The summed E-state index contributed by atoms with van der Waals surface area (Å²) >= 11 is 2.80. The van der Waals surface area contributed by atoms with Crippen molar-refractivity contribution >= 4 is 49.1 Å². The fraction of sp³-hybridized carbons (Fsp3) is 0. The fourth-order valence-electron chi connectivity index (χ4n) is 0.748. The lowest BCUT2D eigenvalue weighted by molar-refractivity contribution is -0.307. The van der Waals surface area contributed by atoms with Crippen molar-refractivity contribution in [2.24, 2.45) is 5.90 Å². The van der Waals surface area contributed by atoms with Gasteiger partial charge in [0.1, 0.15) is 10.4 Å². The van der Waals surface area contributed by atoms with E-state index in [1.165, 1.54) is 0 Å². The summed E-state index contributed by atoms with van der Waals surface area (Å²) in [6.07, 6.45) is -2.38. The van der Waals surface area contributed by atoms with Crippen LogP contribution in [0.3, 0.4) is 0 Å². The lowest BCUT2D eigenvalue weighted by Crippen LogP contribution is -2.26. The molecule has 22 heavy (non-hydrogen) atoms. The van der Waals surface area contributed by atoms with Crippen LogP contribution in [-0.4, -0.2) is 29.3 Å². The zero-order valence-electron chi connectivity index (χ0n) is 9.70. The molecule has 0 aromatic heterocycles. The normalized spacial score (nSPS) is 18.8. The quantitative estimate of drug-likeness (QED) is 0.108. The maximum atomic E-state index is 12.0. The van der Waals surface area contributed by atoms with Crippen molar-refractivity contribution in [3.05, 3.63) is 10.1 Å². The monoisotopic (exact) mass is 401 g/mol. The van der Waals surface area contributed by atoms with Crippen LogP contribution in [0.4, 0.5) is 4.79 Å². The van der Waals surface area contributed by atoms with E-state index in [1.807, 2.05) is 0 Å². The summed E-state index contributed by atoms with van der Waals surface area (Å²) in [6.45, 7) is 0. The summed E-state index contributed by atoms with van der Waals surface area (Å²) in [6, 6.07) is 0.673. The fourth-order valence-corrected chi connectivity index (χ4v) is 5.30. The third-order valence-electron chi connectivity index (χ3n) is 1.42. The Bertz CT molecular complexity index is 730. The Hall–Kier alpha value is -1.21. The molecule has 0 saturated carbocycles. The highest BCUT2D eigenvalue weighted by Crippen LogP contribution is 2.52. The summed E-state index contributed by atoms with van der Waals surface area (Å²) in [4.78, 5) is 30.0. The van der Waals surface area contributed by atoms with Crippen LogP contribution in [0.5, 0.6) is 0 Å². The average molecular weight is 401 g/mol. The largest absolute Gasteiger partial charge is 0.512 e. The van der Waals surface area contributed by atoms with Gasteiger partial charge in [0.25, 0.3) is 0 Å². The van der Waals surface area contributed by atoms with Crippen LogP contribution in [0, 0.1) is 21.4 Å². The van der Waals surface area contributed by atoms with Crippen molar-refractivity contribution in [1.29, 1.82) is 5.26 Å². The van der Waals surface area contributed by atoms with Crippen LogP contribution in [0.2, 0.25) is 0 Å². The predicted molar refractivity (Wildman–Crippen MR) is 68.7 cm³/mol. The molecule has 0 aliphatic heterocycles. The van der Waals surface area contributed by atoms with Gasteiger partial charge in [-0.25, -0.2) is 38.5 Å². The molecule has 0 aromatic carbocycles. The third-order valence-corrected chi connectivity index (χ3v) is 7.41. The van der Waals surface area contributed by atoms with Gasteiger partial charge in [-0.05, 0) is 12.9 Å². The molecule has 19 heteroatoms. The molecule has 0 rings (SSSR count). The minimum atomic E-state index is -5.65. The van der Waals surface area contributed by atoms with Crippen LogP contribution >= 0.6 is 28.3 Å². The van der Waals surface area contributed by atoms with Gasteiger partial charge in [-0.15, -0.1) is 3.97 Å². The van der Waals surface area contributed by atoms with Crippen molar-refractivity contribution < 1.29 is 49.6 Å². The van der Waals surface area contributed by atoms with Crippen LogP contribution in [0.1, 0.15) is 0 Å². The molecule has 0 spiro atoms. The first-order valence-electron chi connectivity index (χ1n) is 4.13. The first-order valence-corrected chi connectivity index (χ1v) is 8.97. The highest BCUT2D eigenvalue weighted by molar-refractivity contribution is 8.07. The van der Waals surface area contributed by atoms with Crippen molar-refractivity contribution in [2.75, 3.05) is 0 Å². The van der Waals surface area contributed by atoms with Gasteiger partial charge in [0.15, 0.2) is 0 Å². The van der Waals surface area contributed by atoms with Gasteiger partial charge in [-0.3, -0.25) is 0 Å². The van der Waals surface area contributed by atoms with Crippen molar-refractivity contribution in [3.63, 3.8) is 0 Å². The van der Waals surface area contributed by atoms with Gasteiger partial charge < -0.3 is 14.5 Å². The lowest BCUT2D eigenvalue weighted by Gasteiger charge is -2.13. The molecule has 0 amide bonds. The summed E-state index contributed by atoms with van der Waals surface area (Å²) in [5.41, 5.74) is 0. The molecule has 0 heterocycles. The maximum Gasteiger partial charge on any atom is 0.512 e. The first-order chi connectivity index (χ1) is 9.88. The highest BCUT2D eigenvalue weighted by Gasteiger charge is 2.50. The molecular weight excluding hydrogens is 396 g/mol. The zero-order chi connectivity index (χ0) is 17.8. The van der Waals surface area contributed by atoms with Crippen molar-refractivity contribution in [2.45, 2.75) is 0 Å². The molecule has 126 valence electrons. The van der Waals surface area contributed by atoms with Gasteiger partial charge in [-0.2, -0.15) is 9.47 Å². The number of hydrogen-bond acceptors (Lipinski definition) is 13. The Kier molecular flexibility index (Phi) is 6.96. The molecule has 0 aromatic rings. The van der Waals surface area contributed by atoms with Crippen LogP contribution < -0.4 is 5.90 Å². The summed E-state index contributed by atoms with van der Waals surface area (Å²) < 4.78 is 45.0. The number of rotatable bonds is 7. The number of carboxylic acid groups (broad SMARTS) is 1. The molecule has 0 bridgehead atoms. The number of carbonyl (C=O) groups is 1. The van der Waals surface area contributed by atoms with E-state index in [1.54, 1.807) is 0 Å². The average Bonchev–Trinajstić information content (AvgIpc) is 2.37. The van der Waals surface area contributed by atoms with E-state index in [4.69, 9.17) is 15.3 Å². The number of nitriles is 1. The van der Waals surface area contributed by atoms with Gasteiger partial charge in [0.2, 0.25) is 0 Å². The van der Waals surface area contributed by atoms with Gasteiger partial charge >= 0.3 is 36.2 Å². The van der Waals surface area contributed by atoms with E-state index in [9.17, 15) is 28.2 Å². The number of hydrogen-bond donors (Lipinski definition) is 4. The number of nitro groups is 1. The first kappa shape index (κ1) is 20.8. The molecule has 0 aliphatic rings. The van der Waals surface area contributed by atoms with E-state index in [0.717, 1.165) is 0 Å². The molecule has 15 nitrogen and oxygen atoms in total. The molecular formula is C3H5N3O12P2S2. The second kappa shape index (κ2) is 7.37. The number of nitrogens with two attached hydrogens (primary N) is 1. The van der Waals surface area contributed by atoms with E-state index >= 15 is 0 Å². The molecule has 4 N–H and O–H groups in total. The molecule has 0 fully saturated rings. The highest BCUT2D eigenvalue weighted by atomic mass is 32.2. The molecule has 0 radical (unpaired) electrons. The summed E-state index contributed by atoms with van der Waals surface area (Å²) in [5.74, 6) is 4.42. The number of thiol groups is 1. The Morgan fingerprint density at radius 2 is 2.00 bits per heavy atom. The van der Waals surface area contributed by atoms with E-state index in [0.29, 0.717) is 6.07 Å². The zero-order valence-corrected chi connectivity index (χ0v) is 13.2. The van der Waals surface area contributed by atoms with E-state index in [-0.39, 0.29) is 0 Å². The van der Waals surface area contributed by atoms with Crippen molar-refractivity contribution in [1.82, 2.24) is 0 Å². The van der Waals surface area contributed by atoms with Crippen LogP contribution in [0.25, 0.3) is 0 Å². The number of nitrogens with zero attached hydrogens (tertiary/aromatic N) is 2. The molecule has 3 atom stereocenters. The van der Waals surface area contributed by atoms with Gasteiger partial charge in [0.05, 0.1) is 0 Å². The van der Waals surface area contributed by atoms with E-state index in [2.05, 4.69) is 35.9 Å². The van der Waals surface area contributed by atoms with E-state index < -0.39 is 40.5 Å². The second-order valence-corrected chi connectivity index (χ2v) is 8.68. The summed E-state index contributed by atoms with van der Waals surface area (Å²) in [7, 11) is -16.7. The maximum absolute atomic E-state index is 12.0. The van der Waals surface area contributed by atoms with Gasteiger partial charge in [-0.1, -0.05) is 0 Å². The Balaban J connectivity index is 6.65. The minimum absolute atomic E-state index is 0.673. The second-order valence-electron chi connectivity index (χ2n) is 2.70. The Labute approximate surface area is 126 Å². The molecule has 0 saturated heterocycles. The topological polar surface area (TPSA) is 239 Å². The standard InChI is InChI=1S/C3H5N3O12P2S2/c4-1-2(19(11,16-5)15-3(7)8)22(14,6(9)10)18-20(12,13)17-21/h21H,5H2,(H,7,8)(H,12,13). The van der Waals surface area contributed by atoms with Crippen LogP contribution in [-0.2, 0) is 36.2 Å². The third kappa shape index (κ3) is 4.64. The van der Waals surface area contributed by atoms with Gasteiger partial charge in [0, 0.05) is 0 Å². The lowest BCUT2D eigenvalue weighted by atomic mass is 10.9. The molecule has 3 unspecified atom stereocenters. The predicted octanol–water partition coefficient (Wildman–Crippen LogP) is -0.213. The Morgan fingerprint density at radius 3 is 2.27 bits per heavy atom. The van der Waals surface area contributed by atoms with Crippen molar-refractivity contribution in [3.8, 4) is 6.07 Å². The van der Waals surface area contributed by atoms with Crippen LogP contribution in [0.15, 0.2) is 0 Å². The number of phosphoric acid groups is 1. The smallest absolute Gasteiger partial charge is 0.449 e. The summed E-state index contributed by atoms with van der Waals surface area (Å²) in [5, 5.41) is 27.8. The SMILES string of the molecule is N#CC(P(=O)(ON)OC(=O)O)=S(=O)(OP(=O)(O)OS)[N+](=O)[O-].